The number of hydrogen-bond acceptors (Lipinski definition) is 3. The minimum absolute atomic E-state index is 0.0711. The summed E-state index contributed by atoms with van der Waals surface area (Å²) >= 11 is 1.87. The van der Waals surface area contributed by atoms with Crippen molar-refractivity contribution >= 4 is 16.9 Å². The molecule has 20 heavy (non-hydrogen) atoms. The van der Waals surface area contributed by atoms with Gasteiger partial charge in [0.2, 0.25) is 0 Å². The van der Waals surface area contributed by atoms with Crippen molar-refractivity contribution in [3.8, 4) is 0 Å². The predicted molar refractivity (Wildman–Crippen MR) is 88.0 cm³/mol. The molecule has 0 bridgehead atoms. The van der Waals surface area contributed by atoms with Crippen molar-refractivity contribution in [1.29, 1.82) is 0 Å². The van der Waals surface area contributed by atoms with E-state index in [-0.39, 0.29) is 6.10 Å². The number of fused-ring (bicyclic) bond motifs is 1. The molecule has 1 aliphatic heterocycles. The number of hydrogen-bond donors (Lipinski definition) is 1. The summed E-state index contributed by atoms with van der Waals surface area (Å²) < 4.78 is 5.74. The molecule has 0 fully saturated rings. The van der Waals surface area contributed by atoms with Gasteiger partial charge in [-0.05, 0) is 30.5 Å². The monoisotopic (exact) mass is 289 g/mol. The first-order valence-electron chi connectivity index (χ1n) is 7.24. The third-order valence-corrected chi connectivity index (χ3v) is 4.59. The molecule has 0 saturated carbocycles. The first kappa shape index (κ1) is 15.2. The van der Waals surface area contributed by atoms with Gasteiger partial charge in [0.15, 0.2) is 0 Å². The van der Waals surface area contributed by atoms with Crippen molar-refractivity contribution in [2.75, 3.05) is 13.2 Å². The van der Waals surface area contributed by atoms with Crippen molar-refractivity contribution in [3.05, 3.63) is 51.8 Å². The molecule has 1 aromatic rings. The maximum Gasteiger partial charge on any atom is 0.0958 e. The number of ether oxygens (including phenoxy) is 1. The Kier molecular flexibility index (Phi) is 5.77. The van der Waals surface area contributed by atoms with Crippen LogP contribution in [0.25, 0.3) is 5.57 Å². The summed E-state index contributed by atoms with van der Waals surface area (Å²) in [4.78, 5) is 2.73. The Morgan fingerprint density at radius 3 is 3.10 bits per heavy atom. The quantitative estimate of drug-likeness (QED) is 0.823. The van der Waals surface area contributed by atoms with E-state index in [1.807, 2.05) is 11.3 Å². The minimum atomic E-state index is 0.0711. The Balaban J connectivity index is 2.33. The summed E-state index contributed by atoms with van der Waals surface area (Å²) in [6, 6.07) is 2.25. The highest BCUT2D eigenvalue weighted by atomic mass is 32.1. The van der Waals surface area contributed by atoms with Gasteiger partial charge in [-0.1, -0.05) is 37.3 Å². The maximum atomic E-state index is 5.80. The van der Waals surface area contributed by atoms with Crippen LogP contribution in [0.3, 0.4) is 0 Å². The molecule has 1 aliphatic rings. The van der Waals surface area contributed by atoms with Crippen LogP contribution >= 0.6 is 11.3 Å². The minimum Gasteiger partial charge on any atom is -0.372 e. The average molecular weight is 289 g/mol. The maximum absolute atomic E-state index is 5.80. The third-order valence-electron chi connectivity index (χ3n) is 3.33. The fraction of sp³-hybridized carbons (Fsp3) is 0.412. The third kappa shape index (κ3) is 3.48. The van der Waals surface area contributed by atoms with Gasteiger partial charge in [0.1, 0.15) is 0 Å². The fourth-order valence-electron chi connectivity index (χ4n) is 2.34. The van der Waals surface area contributed by atoms with Crippen LogP contribution in [0.5, 0.6) is 0 Å². The Hall–Kier alpha value is -1.16. The molecule has 2 rings (SSSR count). The van der Waals surface area contributed by atoms with Crippen LogP contribution in [0.1, 0.15) is 41.7 Å². The van der Waals surface area contributed by atoms with Crippen molar-refractivity contribution in [2.45, 2.75) is 32.8 Å². The Bertz CT molecular complexity index is 525. The molecule has 0 amide bonds. The number of rotatable bonds is 5. The van der Waals surface area contributed by atoms with E-state index in [4.69, 9.17) is 10.5 Å². The molecule has 0 aliphatic carbocycles. The lowest BCUT2D eigenvalue weighted by atomic mass is 10.0. The molecule has 3 heteroatoms. The van der Waals surface area contributed by atoms with Crippen LogP contribution in [0.15, 0.2) is 36.4 Å². The molecule has 1 atom stereocenters. The van der Waals surface area contributed by atoms with Crippen molar-refractivity contribution in [2.24, 2.45) is 5.73 Å². The molecule has 0 saturated heterocycles. The topological polar surface area (TPSA) is 35.2 Å². The van der Waals surface area contributed by atoms with Gasteiger partial charge < -0.3 is 10.5 Å². The van der Waals surface area contributed by atoms with E-state index >= 15 is 0 Å². The molecule has 108 valence electrons. The highest BCUT2D eigenvalue weighted by molar-refractivity contribution is 7.13. The van der Waals surface area contributed by atoms with E-state index in [0.29, 0.717) is 6.54 Å². The second-order valence-corrected chi connectivity index (χ2v) is 5.93. The van der Waals surface area contributed by atoms with Crippen LogP contribution in [0, 0.1) is 0 Å². The summed E-state index contributed by atoms with van der Waals surface area (Å²) in [7, 11) is 0. The van der Waals surface area contributed by atoms with E-state index in [2.05, 4.69) is 50.3 Å². The number of thiophene rings is 1. The van der Waals surface area contributed by atoms with Gasteiger partial charge in [-0.25, -0.2) is 0 Å². The second kappa shape index (κ2) is 7.58. The molecule has 1 aromatic heterocycles. The van der Waals surface area contributed by atoms with Crippen molar-refractivity contribution in [1.82, 2.24) is 0 Å². The normalized spacial score (nSPS) is 19.9. The standard InChI is InChI=1S/C17H23NOS/c1-3-5-6-8-13(7-4-2)17-11-14-15(12-18)19-10-9-16(14)20-17/h4-8,11,15H,3,9-10,12,18H2,1-2H3/b6-5+,7-4-,13-8+. The van der Waals surface area contributed by atoms with E-state index in [1.54, 1.807) is 0 Å². The van der Waals surface area contributed by atoms with Gasteiger partial charge in [0.05, 0.1) is 12.7 Å². The van der Waals surface area contributed by atoms with Crippen molar-refractivity contribution < 1.29 is 4.74 Å². The molecule has 0 aromatic carbocycles. The zero-order valence-corrected chi connectivity index (χ0v) is 13.1. The van der Waals surface area contributed by atoms with E-state index in [9.17, 15) is 0 Å². The lowest BCUT2D eigenvalue weighted by molar-refractivity contribution is 0.0498. The molecule has 2 nitrogen and oxygen atoms in total. The highest BCUT2D eigenvalue weighted by Crippen LogP contribution is 2.36. The van der Waals surface area contributed by atoms with Gasteiger partial charge in [-0.15, -0.1) is 11.3 Å². The van der Waals surface area contributed by atoms with Gasteiger partial charge in [0, 0.05) is 22.7 Å². The first-order chi connectivity index (χ1) is 9.80. The molecular weight excluding hydrogens is 266 g/mol. The summed E-state index contributed by atoms with van der Waals surface area (Å²) in [5.41, 5.74) is 8.34. The number of allylic oxidation sites excluding steroid dienone is 6. The predicted octanol–water partition coefficient (Wildman–Crippen LogP) is 4.25. The van der Waals surface area contributed by atoms with Crippen LogP contribution in [-0.2, 0) is 11.2 Å². The summed E-state index contributed by atoms with van der Waals surface area (Å²) in [6.07, 6.45) is 12.9. The molecular formula is C17H23NOS. The summed E-state index contributed by atoms with van der Waals surface area (Å²) in [6.45, 7) is 5.54. The smallest absolute Gasteiger partial charge is 0.0958 e. The Labute approximate surface area is 125 Å². The Morgan fingerprint density at radius 1 is 1.55 bits per heavy atom. The van der Waals surface area contributed by atoms with Crippen molar-refractivity contribution in [3.63, 3.8) is 0 Å². The number of nitrogens with two attached hydrogens (primary N) is 1. The average Bonchev–Trinajstić information content (AvgIpc) is 2.90. The van der Waals surface area contributed by atoms with E-state index in [0.717, 1.165) is 19.4 Å². The van der Waals surface area contributed by atoms with Gasteiger partial charge >= 0.3 is 0 Å². The van der Waals surface area contributed by atoms with Gasteiger partial charge in [-0.3, -0.25) is 0 Å². The highest BCUT2D eigenvalue weighted by Gasteiger charge is 2.22. The first-order valence-corrected chi connectivity index (χ1v) is 8.06. The summed E-state index contributed by atoms with van der Waals surface area (Å²) in [5, 5.41) is 0. The molecule has 2 N–H and O–H groups in total. The zero-order chi connectivity index (χ0) is 14.4. The van der Waals surface area contributed by atoms with Gasteiger partial charge in [0.25, 0.3) is 0 Å². The lowest BCUT2D eigenvalue weighted by Crippen LogP contribution is -2.21. The largest absolute Gasteiger partial charge is 0.372 e. The molecule has 2 heterocycles. The van der Waals surface area contributed by atoms with Crippen LogP contribution < -0.4 is 5.73 Å². The van der Waals surface area contributed by atoms with Crippen LogP contribution in [0.2, 0.25) is 0 Å². The molecule has 0 radical (unpaired) electrons. The fourth-order valence-corrected chi connectivity index (χ4v) is 3.54. The second-order valence-electron chi connectivity index (χ2n) is 4.79. The zero-order valence-electron chi connectivity index (χ0n) is 12.3. The molecule has 0 spiro atoms. The van der Waals surface area contributed by atoms with Gasteiger partial charge in [-0.2, -0.15) is 0 Å². The lowest BCUT2D eigenvalue weighted by Gasteiger charge is -2.21. The Morgan fingerprint density at radius 2 is 2.40 bits per heavy atom. The SMILES string of the molecule is C\C=C/C(=C\C=C\CC)c1cc2c(s1)CCOC2CN. The molecule has 1 unspecified atom stereocenters. The summed E-state index contributed by atoms with van der Waals surface area (Å²) in [5.74, 6) is 0. The van der Waals surface area contributed by atoms with E-state index in [1.165, 1.54) is 20.9 Å². The van der Waals surface area contributed by atoms with Crippen LogP contribution in [-0.4, -0.2) is 13.2 Å². The van der Waals surface area contributed by atoms with E-state index < -0.39 is 0 Å². The van der Waals surface area contributed by atoms with Crippen LogP contribution in [0.4, 0.5) is 0 Å².